The van der Waals surface area contributed by atoms with Crippen molar-refractivity contribution in [1.29, 1.82) is 0 Å². The second-order valence-electron chi connectivity index (χ2n) is 3.61. The third-order valence-electron chi connectivity index (χ3n) is 2.86. The molecular weight excluding hydrogens is 180 g/mol. The van der Waals surface area contributed by atoms with Crippen LogP contribution in [0.3, 0.4) is 0 Å². The minimum absolute atomic E-state index is 0.0567. The summed E-state index contributed by atoms with van der Waals surface area (Å²) < 4.78 is 0. The standard InChI is InChI=1S/C10H12N2O2/c11-9-7(2-1-5-12-9)6-3-4-8(6)10(13)14/h1-2,5-6,8H,3-4H2,(H2,11,12)(H,13,14). The minimum atomic E-state index is -0.732. The maximum absolute atomic E-state index is 10.8. The molecule has 74 valence electrons. The van der Waals surface area contributed by atoms with Gasteiger partial charge in [-0.3, -0.25) is 4.79 Å². The van der Waals surface area contributed by atoms with Crippen molar-refractivity contribution in [3.8, 4) is 0 Å². The van der Waals surface area contributed by atoms with Crippen LogP contribution in [0.2, 0.25) is 0 Å². The normalized spacial score (nSPS) is 25.4. The van der Waals surface area contributed by atoms with E-state index in [0.717, 1.165) is 18.4 Å². The number of nitrogens with two attached hydrogens (primary N) is 1. The Balaban J connectivity index is 2.24. The summed E-state index contributed by atoms with van der Waals surface area (Å²) in [6, 6.07) is 3.66. The van der Waals surface area contributed by atoms with E-state index in [4.69, 9.17) is 10.8 Å². The highest BCUT2D eigenvalue weighted by atomic mass is 16.4. The van der Waals surface area contributed by atoms with Crippen LogP contribution in [0.1, 0.15) is 24.3 Å². The molecule has 4 heteroatoms. The fraction of sp³-hybridized carbons (Fsp3) is 0.400. The van der Waals surface area contributed by atoms with Gasteiger partial charge in [0.05, 0.1) is 5.92 Å². The molecule has 1 aliphatic carbocycles. The van der Waals surface area contributed by atoms with Gasteiger partial charge in [0.25, 0.3) is 0 Å². The summed E-state index contributed by atoms with van der Waals surface area (Å²) in [4.78, 5) is 14.8. The average Bonchev–Trinajstić information content (AvgIpc) is 2.05. The van der Waals surface area contributed by atoms with Crippen molar-refractivity contribution in [3.05, 3.63) is 23.9 Å². The van der Waals surface area contributed by atoms with E-state index >= 15 is 0 Å². The fourth-order valence-electron chi connectivity index (χ4n) is 1.91. The van der Waals surface area contributed by atoms with Gasteiger partial charge >= 0.3 is 5.97 Å². The highest BCUT2D eigenvalue weighted by Gasteiger charge is 2.38. The predicted octanol–water partition coefficient (Wildman–Crippen LogP) is 1.24. The molecule has 4 nitrogen and oxygen atoms in total. The van der Waals surface area contributed by atoms with Crippen molar-refractivity contribution in [3.63, 3.8) is 0 Å². The number of hydrogen-bond donors (Lipinski definition) is 2. The van der Waals surface area contributed by atoms with Crippen LogP contribution in [0.25, 0.3) is 0 Å². The molecule has 0 aliphatic heterocycles. The van der Waals surface area contributed by atoms with Crippen LogP contribution >= 0.6 is 0 Å². The molecule has 0 saturated heterocycles. The molecule has 0 bridgehead atoms. The smallest absolute Gasteiger partial charge is 0.307 e. The highest BCUT2D eigenvalue weighted by molar-refractivity contribution is 5.73. The molecule has 14 heavy (non-hydrogen) atoms. The lowest BCUT2D eigenvalue weighted by Crippen LogP contribution is -2.31. The Kier molecular flexibility index (Phi) is 2.11. The van der Waals surface area contributed by atoms with Crippen LogP contribution in [0.15, 0.2) is 18.3 Å². The number of carboxylic acid groups (broad SMARTS) is 1. The van der Waals surface area contributed by atoms with Gasteiger partial charge in [0.1, 0.15) is 5.82 Å². The summed E-state index contributed by atoms with van der Waals surface area (Å²) in [6.07, 6.45) is 3.26. The average molecular weight is 192 g/mol. The Morgan fingerprint density at radius 3 is 2.86 bits per heavy atom. The second kappa shape index (κ2) is 3.29. The first kappa shape index (κ1) is 8.99. The third kappa shape index (κ3) is 1.32. The topological polar surface area (TPSA) is 76.2 Å². The molecule has 1 aliphatic rings. The minimum Gasteiger partial charge on any atom is -0.481 e. The molecule has 1 fully saturated rings. The number of rotatable bonds is 2. The van der Waals surface area contributed by atoms with E-state index < -0.39 is 5.97 Å². The molecule has 2 rings (SSSR count). The van der Waals surface area contributed by atoms with E-state index in [0.29, 0.717) is 5.82 Å². The van der Waals surface area contributed by atoms with E-state index in [9.17, 15) is 4.79 Å². The number of pyridine rings is 1. The van der Waals surface area contributed by atoms with Gasteiger partial charge in [0.2, 0.25) is 0 Å². The molecule has 1 aromatic heterocycles. The van der Waals surface area contributed by atoms with Gasteiger partial charge in [-0.05, 0) is 24.5 Å². The van der Waals surface area contributed by atoms with E-state index in [1.165, 1.54) is 0 Å². The number of carbonyl (C=O) groups is 1. The van der Waals surface area contributed by atoms with Gasteiger partial charge < -0.3 is 10.8 Å². The highest BCUT2D eigenvalue weighted by Crippen LogP contribution is 2.43. The first-order valence-electron chi connectivity index (χ1n) is 4.63. The molecule has 1 heterocycles. The zero-order chi connectivity index (χ0) is 10.1. The zero-order valence-electron chi connectivity index (χ0n) is 7.68. The van der Waals surface area contributed by atoms with Crippen molar-refractivity contribution < 1.29 is 9.90 Å². The van der Waals surface area contributed by atoms with Gasteiger partial charge in [-0.15, -0.1) is 0 Å². The van der Waals surface area contributed by atoms with Crippen LogP contribution in [0, 0.1) is 5.92 Å². The van der Waals surface area contributed by atoms with E-state index in [1.54, 1.807) is 12.3 Å². The Hall–Kier alpha value is -1.58. The quantitative estimate of drug-likeness (QED) is 0.739. The summed E-state index contributed by atoms with van der Waals surface area (Å²) >= 11 is 0. The van der Waals surface area contributed by atoms with Crippen LogP contribution in [0.4, 0.5) is 5.82 Å². The van der Waals surface area contributed by atoms with Crippen molar-refractivity contribution in [2.75, 3.05) is 5.73 Å². The lowest BCUT2D eigenvalue weighted by Gasteiger charge is -2.33. The number of nitrogen functional groups attached to an aromatic ring is 1. The van der Waals surface area contributed by atoms with Gasteiger partial charge in [-0.1, -0.05) is 6.07 Å². The molecular formula is C10H12N2O2. The number of anilines is 1. The summed E-state index contributed by atoms with van der Waals surface area (Å²) in [5, 5.41) is 8.89. The number of nitrogens with zero attached hydrogens (tertiary/aromatic N) is 1. The van der Waals surface area contributed by atoms with Crippen molar-refractivity contribution in [2.45, 2.75) is 18.8 Å². The zero-order valence-corrected chi connectivity index (χ0v) is 7.68. The summed E-state index contributed by atoms with van der Waals surface area (Å²) in [5.41, 5.74) is 6.57. The number of hydrogen-bond acceptors (Lipinski definition) is 3. The number of aromatic nitrogens is 1. The van der Waals surface area contributed by atoms with Crippen molar-refractivity contribution in [2.24, 2.45) is 5.92 Å². The fourth-order valence-corrected chi connectivity index (χ4v) is 1.91. The number of aliphatic carboxylic acids is 1. The van der Waals surface area contributed by atoms with Crippen LogP contribution < -0.4 is 5.73 Å². The maximum atomic E-state index is 10.8. The molecule has 0 aromatic carbocycles. The maximum Gasteiger partial charge on any atom is 0.307 e. The Morgan fingerprint density at radius 1 is 1.57 bits per heavy atom. The molecule has 0 amide bonds. The predicted molar refractivity (Wildman–Crippen MR) is 51.8 cm³/mol. The first-order chi connectivity index (χ1) is 6.70. The Morgan fingerprint density at radius 2 is 2.36 bits per heavy atom. The van der Waals surface area contributed by atoms with Crippen LogP contribution in [-0.4, -0.2) is 16.1 Å². The molecule has 1 saturated carbocycles. The van der Waals surface area contributed by atoms with E-state index in [2.05, 4.69) is 4.98 Å². The van der Waals surface area contributed by atoms with Crippen molar-refractivity contribution in [1.82, 2.24) is 4.98 Å². The molecule has 0 radical (unpaired) electrons. The Labute approximate surface area is 81.8 Å². The molecule has 0 spiro atoms. The van der Waals surface area contributed by atoms with Crippen LogP contribution in [-0.2, 0) is 4.79 Å². The Bertz CT molecular complexity index is 365. The SMILES string of the molecule is Nc1ncccc1C1CCC1C(=O)O. The molecule has 2 atom stereocenters. The van der Waals surface area contributed by atoms with Gasteiger partial charge in [0.15, 0.2) is 0 Å². The lowest BCUT2D eigenvalue weighted by molar-refractivity contribution is -0.145. The van der Waals surface area contributed by atoms with E-state index in [1.807, 2.05) is 6.07 Å². The summed E-state index contributed by atoms with van der Waals surface area (Å²) in [7, 11) is 0. The number of carboxylic acids is 1. The first-order valence-corrected chi connectivity index (χ1v) is 4.63. The third-order valence-corrected chi connectivity index (χ3v) is 2.86. The largest absolute Gasteiger partial charge is 0.481 e. The molecule has 2 unspecified atom stereocenters. The monoisotopic (exact) mass is 192 g/mol. The molecule has 1 aromatic rings. The summed E-state index contributed by atoms with van der Waals surface area (Å²) in [6.45, 7) is 0. The second-order valence-corrected chi connectivity index (χ2v) is 3.61. The molecule has 3 N–H and O–H groups in total. The van der Waals surface area contributed by atoms with Gasteiger partial charge in [-0.25, -0.2) is 4.98 Å². The van der Waals surface area contributed by atoms with E-state index in [-0.39, 0.29) is 11.8 Å². The van der Waals surface area contributed by atoms with Gasteiger partial charge in [-0.2, -0.15) is 0 Å². The van der Waals surface area contributed by atoms with Crippen molar-refractivity contribution >= 4 is 11.8 Å². The lowest BCUT2D eigenvalue weighted by atomic mass is 9.70. The van der Waals surface area contributed by atoms with Crippen LogP contribution in [0.5, 0.6) is 0 Å². The summed E-state index contributed by atoms with van der Waals surface area (Å²) in [5.74, 6) is -0.490. The van der Waals surface area contributed by atoms with Gasteiger partial charge in [0, 0.05) is 12.1 Å².